The number of ketones is 1. The van der Waals surface area contributed by atoms with Gasteiger partial charge in [-0.05, 0) is 12.5 Å². The Labute approximate surface area is 61.6 Å². The maximum atomic E-state index is 10.6. The molecule has 1 atom stereocenters. The minimum absolute atomic E-state index is 0.270. The van der Waals surface area contributed by atoms with Gasteiger partial charge in [0.05, 0.1) is 0 Å². The minimum atomic E-state index is -0.822. The molecule has 2 heteroatoms. The fourth-order valence-electron chi connectivity index (χ4n) is 0.676. The predicted molar refractivity (Wildman–Crippen MR) is 40.7 cm³/mol. The fraction of sp³-hybridized carbons (Fsp3) is 0.625. The zero-order valence-electron chi connectivity index (χ0n) is 6.34. The molecule has 0 saturated heterocycles. The van der Waals surface area contributed by atoms with Gasteiger partial charge in [0.25, 0.3) is 0 Å². The van der Waals surface area contributed by atoms with Gasteiger partial charge in [-0.25, -0.2) is 0 Å². The lowest BCUT2D eigenvalue weighted by Gasteiger charge is -2.03. The van der Waals surface area contributed by atoms with Crippen molar-refractivity contribution in [3.63, 3.8) is 0 Å². The molecule has 58 valence electrons. The number of aliphatic hydroxyl groups excluding tert-OH is 1. The van der Waals surface area contributed by atoms with Crippen LogP contribution in [0.5, 0.6) is 0 Å². The molecule has 2 nitrogen and oxygen atoms in total. The monoisotopic (exact) mass is 142 g/mol. The van der Waals surface area contributed by atoms with Gasteiger partial charge in [0.1, 0.15) is 6.10 Å². The van der Waals surface area contributed by atoms with Gasteiger partial charge in [0.15, 0.2) is 5.78 Å². The third kappa shape index (κ3) is 3.41. The van der Waals surface area contributed by atoms with Gasteiger partial charge in [-0.15, -0.1) is 0 Å². The van der Waals surface area contributed by atoms with Crippen LogP contribution in [-0.2, 0) is 4.79 Å². The van der Waals surface area contributed by atoms with Crippen LogP contribution in [-0.4, -0.2) is 17.0 Å². The Hall–Kier alpha value is -0.630. The summed E-state index contributed by atoms with van der Waals surface area (Å²) in [4.78, 5) is 10.6. The molecule has 0 heterocycles. The number of unbranched alkanes of at least 4 members (excludes halogenated alkanes) is 1. The van der Waals surface area contributed by atoms with Gasteiger partial charge in [0, 0.05) is 0 Å². The van der Waals surface area contributed by atoms with E-state index < -0.39 is 6.10 Å². The summed E-state index contributed by atoms with van der Waals surface area (Å²) in [5.41, 5.74) is 0. The molecule has 0 amide bonds. The summed E-state index contributed by atoms with van der Waals surface area (Å²) in [6.45, 7) is 5.30. The normalized spacial score (nSPS) is 12.6. The van der Waals surface area contributed by atoms with Gasteiger partial charge in [-0.2, -0.15) is 0 Å². The smallest absolute Gasteiger partial charge is 0.183 e. The lowest BCUT2D eigenvalue weighted by Crippen LogP contribution is -2.17. The predicted octanol–water partition coefficient (Wildman–Crippen LogP) is 1.29. The second-order valence-corrected chi connectivity index (χ2v) is 2.26. The van der Waals surface area contributed by atoms with Crippen molar-refractivity contribution in [2.75, 3.05) is 0 Å². The van der Waals surface area contributed by atoms with E-state index in [1.54, 1.807) is 0 Å². The molecule has 0 aromatic carbocycles. The fourth-order valence-corrected chi connectivity index (χ4v) is 0.676. The second-order valence-electron chi connectivity index (χ2n) is 2.26. The highest BCUT2D eigenvalue weighted by Gasteiger charge is 2.08. The molecule has 0 bridgehead atoms. The molecule has 0 rings (SSSR count). The van der Waals surface area contributed by atoms with E-state index >= 15 is 0 Å². The van der Waals surface area contributed by atoms with E-state index in [1.807, 2.05) is 6.92 Å². The van der Waals surface area contributed by atoms with Crippen molar-refractivity contribution in [2.45, 2.75) is 32.3 Å². The topological polar surface area (TPSA) is 37.3 Å². The number of carbonyl (C=O) groups excluding carboxylic acids is 1. The SMILES string of the molecule is C=CC(=O)C(O)CCCC. The van der Waals surface area contributed by atoms with Crippen molar-refractivity contribution in [2.24, 2.45) is 0 Å². The first kappa shape index (κ1) is 9.37. The Morgan fingerprint density at radius 1 is 1.80 bits per heavy atom. The summed E-state index contributed by atoms with van der Waals surface area (Å²) in [6, 6.07) is 0. The van der Waals surface area contributed by atoms with Crippen LogP contribution in [0.1, 0.15) is 26.2 Å². The summed E-state index contributed by atoms with van der Waals surface area (Å²) < 4.78 is 0. The molecule has 0 radical (unpaired) electrons. The van der Waals surface area contributed by atoms with Crippen molar-refractivity contribution in [3.8, 4) is 0 Å². The second kappa shape index (κ2) is 5.18. The van der Waals surface area contributed by atoms with Gasteiger partial charge in [0.2, 0.25) is 0 Å². The van der Waals surface area contributed by atoms with Crippen LogP contribution in [0.15, 0.2) is 12.7 Å². The Balaban J connectivity index is 3.51. The number of rotatable bonds is 5. The highest BCUT2D eigenvalue weighted by Crippen LogP contribution is 2.00. The summed E-state index contributed by atoms with van der Waals surface area (Å²) in [5, 5.41) is 9.03. The molecule has 1 N–H and O–H groups in total. The molecule has 0 aliphatic rings. The number of hydrogen-bond donors (Lipinski definition) is 1. The highest BCUT2D eigenvalue weighted by atomic mass is 16.3. The van der Waals surface area contributed by atoms with Gasteiger partial charge in [-0.1, -0.05) is 26.3 Å². The Morgan fingerprint density at radius 2 is 2.40 bits per heavy atom. The molecular formula is C8H14O2. The van der Waals surface area contributed by atoms with Crippen LogP contribution in [0.4, 0.5) is 0 Å². The van der Waals surface area contributed by atoms with Crippen molar-refractivity contribution < 1.29 is 9.90 Å². The van der Waals surface area contributed by atoms with Gasteiger partial charge < -0.3 is 5.11 Å². The third-order valence-corrected chi connectivity index (χ3v) is 1.36. The summed E-state index contributed by atoms with van der Waals surface area (Å²) in [7, 11) is 0. The van der Waals surface area contributed by atoms with Crippen molar-refractivity contribution in [1.29, 1.82) is 0 Å². The first-order chi connectivity index (χ1) is 4.72. The van der Waals surface area contributed by atoms with E-state index in [2.05, 4.69) is 6.58 Å². The maximum Gasteiger partial charge on any atom is 0.183 e. The molecular weight excluding hydrogens is 128 g/mol. The summed E-state index contributed by atoms with van der Waals surface area (Å²) in [6.07, 6.45) is 2.79. The van der Waals surface area contributed by atoms with Crippen LogP contribution in [0.3, 0.4) is 0 Å². The molecule has 0 aliphatic heterocycles. The van der Waals surface area contributed by atoms with E-state index in [0.29, 0.717) is 6.42 Å². The van der Waals surface area contributed by atoms with Crippen LogP contribution < -0.4 is 0 Å². The first-order valence-electron chi connectivity index (χ1n) is 3.56. The van der Waals surface area contributed by atoms with Crippen LogP contribution in [0, 0.1) is 0 Å². The average Bonchev–Trinajstić information content (AvgIpc) is 1.98. The molecule has 0 aliphatic carbocycles. The molecule has 0 spiro atoms. The standard InChI is InChI=1S/C8H14O2/c1-3-5-6-8(10)7(9)4-2/h4,8,10H,2-3,5-6H2,1H3. The van der Waals surface area contributed by atoms with Gasteiger partial charge in [-0.3, -0.25) is 4.79 Å². The zero-order chi connectivity index (χ0) is 7.98. The highest BCUT2D eigenvalue weighted by molar-refractivity contribution is 5.92. The van der Waals surface area contributed by atoms with Crippen LogP contribution in [0.25, 0.3) is 0 Å². The maximum absolute atomic E-state index is 10.6. The van der Waals surface area contributed by atoms with E-state index in [1.165, 1.54) is 6.08 Å². The summed E-state index contributed by atoms with van der Waals surface area (Å²) in [5.74, 6) is -0.270. The average molecular weight is 142 g/mol. The molecule has 1 unspecified atom stereocenters. The largest absolute Gasteiger partial charge is 0.385 e. The van der Waals surface area contributed by atoms with Gasteiger partial charge >= 0.3 is 0 Å². The Bertz CT molecular complexity index is 118. The number of aliphatic hydroxyl groups is 1. The molecule has 0 saturated carbocycles. The third-order valence-electron chi connectivity index (χ3n) is 1.36. The lowest BCUT2D eigenvalue weighted by molar-refractivity contribution is -0.122. The Kier molecular flexibility index (Phi) is 4.85. The van der Waals surface area contributed by atoms with Crippen molar-refractivity contribution in [1.82, 2.24) is 0 Å². The molecule has 0 fully saturated rings. The van der Waals surface area contributed by atoms with Crippen LogP contribution >= 0.6 is 0 Å². The number of carbonyl (C=O) groups is 1. The Morgan fingerprint density at radius 3 is 2.80 bits per heavy atom. The molecule has 0 aromatic rings. The quantitative estimate of drug-likeness (QED) is 0.587. The molecule has 0 aromatic heterocycles. The van der Waals surface area contributed by atoms with E-state index in [9.17, 15) is 4.79 Å². The van der Waals surface area contributed by atoms with Crippen LogP contribution in [0.2, 0.25) is 0 Å². The molecule has 10 heavy (non-hydrogen) atoms. The van der Waals surface area contributed by atoms with Crippen molar-refractivity contribution in [3.05, 3.63) is 12.7 Å². The minimum Gasteiger partial charge on any atom is -0.385 e. The van der Waals surface area contributed by atoms with E-state index in [-0.39, 0.29) is 5.78 Å². The van der Waals surface area contributed by atoms with Crippen molar-refractivity contribution >= 4 is 5.78 Å². The summed E-state index contributed by atoms with van der Waals surface area (Å²) >= 11 is 0. The van der Waals surface area contributed by atoms with E-state index in [0.717, 1.165) is 12.8 Å². The zero-order valence-corrected chi connectivity index (χ0v) is 6.34. The number of hydrogen-bond acceptors (Lipinski definition) is 2. The lowest BCUT2D eigenvalue weighted by atomic mass is 10.1. The first-order valence-corrected chi connectivity index (χ1v) is 3.56. The van der Waals surface area contributed by atoms with E-state index in [4.69, 9.17) is 5.11 Å².